The van der Waals surface area contributed by atoms with E-state index in [2.05, 4.69) is 38.9 Å². The molecule has 1 fully saturated rings. The maximum absolute atomic E-state index is 5.73. The zero-order valence-electron chi connectivity index (χ0n) is 17.1. The molecule has 1 aliphatic heterocycles. The van der Waals surface area contributed by atoms with Crippen LogP contribution in [0.25, 0.3) is 0 Å². The van der Waals surface area contributed by atoms with E-state index in [9.17, 15) is 0 Å². The minimum atomic E-state index is 0.212. The second-order valence-corrected chi connectivity index (χ2v) is 8.20. The van der Waals surface area contributed by atoms with Crippen molar-refractivity contribution in [2.45, 2.75) is 52.0 Å². The highest BCUT2D eigenvalue weighted by Crippen LogP contribution is 2.25. The van der Waals surface area contributed by atoms with E-state index in [1.54, 1.807) is 17.6 Å². The summed E-state index contributed by atoms with van der Waals surface area (Å²) in [6, 6.07) is 4.26. The Morgan fingerprint density at radius 1 is 1.32 bits per heavy atom. The molecule has 0 aliphatic carbocycles. The van der Waals surface area contributed by atoms with Gasteiger partial charge in [0.2, 0.25) is 0 Å². The molecule has 0 saturated carbocycles. The number of guanidine groups is 1. The van der Waals surface area contributed by atoms with Crippen molar-refractivity contribution in [3.63, 3.8) is 0 Å². The molecular formula is C21H33N5OS. The standard InChI is InChI=1S/C21H33N5OS/c1-3-22-21(23-11-7-10-20-25-17(2)16-28-20)24-15-18(19-9-8-14-27-19)26-12-5-4-6-13-26/h8-9,14,16,18H,3-7,10-13,15H2,1-2H3,(H2,22,23,24). The van der Waals surface area contributed by atoms with Crippen LogP contribution in [0.4, 0.5) is 0 Å². The molecule has 0 amide bonds. The first kappa shape index (κ1) is 20.9. The van der Waals surface area contributed by atoms with E-state index in [4.69, 9.17) is 9.41 Å². The lowest BCUT2D eigenvalue weighted by atomic mass is 10.1. The minimum absolute atomic E-state index is 0.212. The van der Waals surface area contributed by atoms with Crippen molar-refractivity contribution in [2.24, 2.45) is 4.99 Å². The van der Waals surface area contributed by atoms with Gasteiger partial charge >= 0.3 is 0 Å². The van der Waals surface area contributed by atoms with E-state index in [-0.39, 0.29) is 6.04 Å². The van der Waals surface area contributed by atoms with Crippen molar-refractivity contribution in [1.82, 2.24) is 20.5 Å². The summed E-state index contributed by atoms with van der Waals surface area (Å²) in [6.07, 6.45) is 7.66. The quantitative estimate of drug-likeness (QED) is 0.379. The fraction of sp³-hybridized carbons (Fsp3) is 0.619. The van der Waals surface area contributed by atoms with E-state index in [1.807, 2.05) is 13.0 Å². The van der Waals surface area contributed by atoms with Gasteiger partial charge in [-0.15, -0.1) is 11.3 Å². The van der Waals surface area contributed by atoms with Gasteiger partial charge in [0.05, 0.1) is 23.9 Å². The molecule has 1 unspecified atom stereocenters. The number of rotatable bonds is 9. The molecule has 2 aromatic rings. The van der Waals surface area contributed by atoms with Crippen molar-refractivity contribution in [3.8, 4) is 0 Å². The van der Waals surface area contributed by atoms with Gasteiger partial charge in [-0.05, 0) is 58.3 Å². The molecule has 2 aromatic heterocycles. The van der Waals surface area contributed by atoms with Gasteiger partial charge in [0.25, 0.3) is 0 Å². The number of hydrogen-bond acceptors (Lipinski definition) is 5. The largest absolute Gasteiger partial charge is 0.468 e. The molecule has 1 saturated heterocycles. The smallest absolute Gasteiger partial charge is 0.191 e. The summed E-state index contributed by atoms with van der Waals surface area (Å²) in [4.78, 5) is 11.9. The highest BCUT2D eigenvalue weighted by molar-refractivity contribution is 7.09. The second-order valence-electron chi connectivity index (χ2n) is 7.26. The fourth-order valence-electron chi connectivity index (χ4n) is 3.58. The van der Waals surface area contributed by atoms with Gasteiger partial charge in [-0.2, -0.15) is 0 Å². The molecule has 154 valence electrons. The summed E-state index contributed by atoms with van der Waals surface area (Å²) in [7, 11) is 0. The molecule has 1 atom stereocenters. The molecule has 7 heteroatoms. The molecule has 0 bridgehead atoms. The number of likely N-dealkylation sites (tertiary alicyclic amines) is 1. The van der Waals surface area contributed by atoms with Gasteiger partial charge in [0.1, 0.15) is 5.76 Å². The Labute approximate surface area is 172 Å². The van der Waals surface area contributed by atoms with Gasteiger partial charge in [-0.3, -0.25) is 9.89 Å². The maximum Gasteiger partial charge on any atom is 0.191 e. The summed E-state index contributed by atoms with van der Waals surface area (Å²) < 4.78 is 5.73. The molecule has 6 nitrogen and oxygen atoms in total. The van der Waals surface area contributed by atoms with Crippen LogP contribution >= 0.6 is 11.3 Å². The van der Waals surface area contributed by atoms with Gasteiger partial charge < -0.3 is 15.1 Å². The van der Waals surface area contributed by atoms with Crippen LogP contribution in [-0.4, -0.2) is 48.6 Å². The molecular weight excluding hydrogens is 370 g/mol. The molecule has 3 heterocycles. The summed E-state index contributed by atoms with van der Waals surface area (Å²) >= 11 is 1.75. The third-order valence-electron chi connectivity index (χ3n) is 5.00. The summed E-state index contributed by atoms with van der Waals surface area (Å²) in [5.41, 5.74) is 1.12. The van der Waals surface area contributed by atoms with Crippen LogP contribution in [0.1, 0.15) is 55.1 Å². The predicted molar refractivity (Wildman–Crippen MR) is 116 cm³/mol. The Hall–Kier alpha value is -1.86. The van der Waals surface area contributed by atoms with Crippen LogP contribution in [0.5, 0.6) is 0 Å². The first-order valence-electron chi connectivity index (χ1n) is 10.5. The number of thiazole rings is 1. The number of aryl methyl sites for hydroxylation is 2. The van der Waals surface area contributed by atoms with Gasteiger partial charge in [-0.1, -0.05) is 6.42 Å². The monoisotopic (exact) mass is 403 g/mol. The molecule has 0 aromatic carbocycles. The lowest BCUT2D eigenvalue weighted by molar-refractivity contribution is 0.150. The number of aliphatic imine (C=N–C) groups is 1. The Bertz CT molecular complexity index is 706. The van der Waals surface area contributed by atoms with E-state index in [0.717, 1.165) is 56.4 Å². The topological polar surface area (TPSA) is 65.7 Å². The number of furan rings is 1. The lowest BCUT2D eigenvalue weighted by Crippen LogP contribution is -2.40. The third-order valence-corrected chi connectivity index (χ3v) is 6.02. The zero-order valence-corrected chi connectivity index (χ0v) is 17.9. The van der Waals surface area contributed by atoms with Crippen LogP contribution in [0, 0.1) is 6.92 Å². The maximum atomic E-state index is 5.73. The highest BCUT2D eigenvalue weighted by atomic mass is 32.1. The minimum Gasteiger partial charge on any atom is -0.468 e. The SMILES string of the molecule is CCNC(=NCC(c1ccco1)N1CCCCC1)NCCCc1nc(C)cs1. The van der Waals surface area contributed by atoms with Crippen LogP contribution < -0.4 is 10.6 Å². The van der Waals surface area contributed by atoms with Crippen LogP contribution in [0.15, 0.2) is 33.2 Å². The highest BCUT2D eigenvalue weighted by Gasteiger charge is 2.24. The van der Waals surface area contributed by atoms with E-state index in [0.29, 0.717) is 6.54 Å². The van der Waals surface area contributed by atoms with Crippen LogP contribution in [-0.2, 0) is 6.42 Å². The Balaban J connectivity index is 1.54. The summed E-state index contributed by atoms with van der Waals surface area (Å²) in [6.45, 7) is 8.84. The molecule has 0 radical (unpaired) electrons. The fourth-order valence-corrected chi connectivity index (χ4v) is 4.40. The third kappa shape index (κ3) is 6.34. The van der Waals surface area contributed by atoms with E-state index >= 15 is 0 Å². The van der Waals surface area contributed by atoms with Crippen molar-refractivity contribution in [2.75, 3.05) is 32.7 Å². The Morgan fingerprint density at radius 2 is 2.18 bits per heavy atom. The van der Waals surface area contributed by atoms with Crippen LogP contribution in [0.2, 0.25) is 0 Å². The van der Waals surface area contributed by atoms with Crippen molar-refractivity contribution in [1.29, 1.82) is 0 Å². The van der Waals surface area contributed by atoms with Gasteiger partial charge in [0, 0.05) is 30.6 Å². The van der Waals surface area contributed by atoms with Crippen molar-refractivity contribution < 1.29 is 4.42 Å². The van der Waals surface area contributed by atoms with Crippen molar-refractivity contribution >= 4 is 17.3 Å². The second kappa shape index (κ2) is 11.2. The molecule has 3 rings (SSSR count). The molecule has 2 N–H and O–H groups in total. The predicted octanol–water partition coefficient (Wildman–Crippen LogP) is 3.76. The van der Waals surface area contributed by atoms with E-state index in [1.165, 1.54) is 24.3 Å². The van der Waals surface area contributed by atoms with Crippen molar-refractivity contribution in [3.05, 3.63) is 40.2 Å². The molecule has 1 aliphatic rings. The number of nitrogens with zero attached hydrogens (tertiary/aromatic N) is 3. The Morgan fingerprint density at radius 3 is 2.86 bits per heavy atom. The Kier molecular flexibility index (Phi) is 8.36. The number of hydrogen-bond donors (Lipinski definition) is 2. The number of piperidine rings is 1. The lowest BCUT2D eigenvalue weighted by Gasteiger charge is -2.32. The number of nitrogens with one attached hydrogen (secondary N) is 2. The molecule has 0 spiro atoms. The average molecular weight is 404 g/mol. The summed E-state index contributed by atoms with van der Waals surface area (Å²) in [5.74, 6) is 1.90. The van der Waals surface area contributed by atoms with Gasteiger partial charge in [0.15, 0.2) is 5.96 Å². The first-order chi connectivity index (χ1) is 13.8. The van der Waals surface area contributed by atoms with Crippen LogP contribution in [0.3, 0.4) is 0 Å². The number of aromatic nitrogens is 1. The van der Waals surface area contributed by atoms with Gasteiger partial charge in [-0.25, -0.2) is 4.98 Å². The van der Waals surface area contributed by atoms with E-state index < -0.39 is 0 Å². The first-order valence-corrected chi connectivity index (χ1v) is 11.3. The summed E-state index contributed by atoms with van der Waals surface area (Å²) in [5, 5.41) is 10.2. The average Bonchev–Trinajstić information content (AvgIpc) is 3.38. The zero-order chi connectivity index (χ0) is 19.6. The molecule has 28 heavy (non-hydrogen) atoms. The normalized spacial score (nSPS) is 16.9.